The monoisotopic (exact) mass is 387 g/mol. The minimum absolute atomic E-state index is 0.0253. The van der Waals surface area contributed by atoms with Gasteiger partial charge in [-0.15, -0.1) is 6.58 Å². The molecule has 1 aliphatic heterocycles. The number of benzene rings is 2. The van der Waals surface area contributed by atoms with Gasteiger partial charge in [0.2, 0.25) is 5.91 Å². The summed E-state index contributed by atoms with van der Waals surface area (Å²) in [6, 6.07) is 18.3. The summed E-state index contributed by atoms with van der Waals surface area (Å²) in [6.45, 7) is 6.71. The first-order valence-electron chi connectivity index (χ1n) is 10.7. The molecule has 0 bridgehead atoms. The number of carbonyl (C=O) groups is 2. The fourth-order valence-corrected chi connectivity index (χ4v) is 5.62. The third kappa shape index (κ3) is 3.04. The Balaban J connectivity index is 1.82. The number of unbranched alkanes of at least 4 members (excludes halogenated alkanes) is 1. The summed E-state index contributed by atoms with van der Waals surface area (Å²) in [4.78, 5) is 28.1. The van der Waals surface area contributed by atoms with Crippen molar-refractivity contribution >= 4 is 17.9 Å². The van der Waals surface area contributed by atoms with Crippen LogP contribution in [0.5, 0.6) is 0 Å². The third-order valence-electron chi connectivity index (χ3n) is 6.96. The quantitative estimate of drug-likeness (QED) is 0.478. The van der Waals surface area contributed by atoms with E-state index in [2.05, 4.69) is 37.8 Å². The second kappa shape index (κ2) is 7.98. The first-order valence-corrected chi connectivity index (χ1v) is 10.7. The van der Waals surface area contributed by atoms with Gasteiger partial charge in [0, 0.05) is 11.6 Å². The predicted octanol–water partition coefficient (Wildman–Crippen LogP) is 5.30. The second-order valence-corrected chi connectivity index (χ2v) is 8.43. The normalized spacial score (nSPS) is 28.0. The molecule has 3 heteroatoms. The third-order valence-corrected chi connectivity index (χ3v) is 6.96. The van der Waals surface area contributed by atoms with Crippen molar-refractivity contribution in [2.75, 3.05) is 4.90 Å². The Kier molecular flexibility index (Phi) is 5.40. The summed E-state index contributed by atoms with van der Waals surface area (Å²) in [5, 5.41) is 0. The summed E-state index contributed by atoms with van der Waals surface area (Å²) in [5.74, 6) is 0.0769. The van der Waals surface area contributed by atoms with Crippen LogP contribution in [0.2, 0.25) is 0 Å². The largest absolute Gasteiger partial charge is 0.307 e. The Morgan fingerprint density at radius 2 is 1.86 bits per heavy atom. The van der Waals surface area contributed by atoms with Gasteiger partial charge in [0.1, 0.15) is 6.29 Å². The van der Waals surface area contributed by atoms with E-state index in [4.69, 9.17) is 0 Å². The minimum atomic E-state index is -0.620. The van der Waals surface area contributed by atoms with Crippen LogP contribution in [0.4, 0.5) is 5.69 Å². The predicted molar refractivity (Wildman–Crippen MR) is 117 cm³/mol. The highest BCUT2D eigenvalue weighted by Gasteiger charge is 2.62. The first kappa shape index (κ1) is 19.6. The molecule has 1 amide bonds. The highest BCUT2D eigenvalue weighted by Crippen LogP contribution is 2.59. The molecule has 4 atom stereocenters. The zero-order valence-corrected chi connectivity index (χ0v) is 17.1. The molecule has 2 aromatic rings. The minimum Gasteiger partial charge on any atom is -0.307 e. The van der Waals surface area contributed by atoms with E-state index in [-0.39, 0.29) is 23.7 Å². The number of nitrogens with zero attached hydrogens (tertiary/aromatic N) is 1. The number of fused-ring (bicyclic) bond motifs is 2. The summed E-state index contributed by atoms with van der Waals surface area (Å²) in [5.41, 5.74) is 2.59. The first-order chi connectivity index (χ1) is 14.2. The molecule has 1 aliphatic carbocycles. The number of para-hydroxylation sites is 1. The van der Waals surface area contributed by atoms with Gasteiger partial charge in [-0.25, -0.2) is 0 Å². The van der Waals surface area contributed by atoms with Crippen LogP contribution in [0.3, 0.4) is 0 Å². The van der Waals surface area contributed by atoms with Crippen molar-refractivity contribution in [2.24, 2.45) is 17.8 Å². The van der Waals surface area contributed by atoms with Crippen LogP contribution in [0.15, 0.2) is 67.3 Å². The fourth-order valence-electron chi connectivity index (χ4n) is 5.62. The van der Waals surface area contributed by atoms with Crippen LogP contribution in [-0.4, -0.2) is 12.2 Å². The number of hydrogen-bond acceptors (Lipinski definition) is 2. The van der Waals surface area contributed by atoms with Crippen LogP contribution in [0, 0.1) is 17.8 Å². The Hall–Kier alpha value is -2.68. The molecule has 1 heterocycles. The van der Waals surface area contributed by atoms with Gasteiger partial charge in [0.25, 0.3) is 0 Å². The molecule has 29 heavy (non-hydrogen) atoms. The highest BCUT2D eigenvalue weighted by atomic mass is 16.2. The molecule has 0 N–H and O–H groups in total. The van der Waals surface area contributed by atoms with E-state index in [0.717, 1.165) is 42.4 Å². The molecule has 2 aromatic carbocycles. The van der Waals surface area contributed by atoms with Crippen LogP contribution < -0.4 is 4.90 Å². The maximum Gasteiger partial charge on any atom is 0.238 e. The van der Waals surface area contributed by atoms with E-state index in [1.54, 1.807) is 0 Å². The van der Waals surface area contributed by atoms with E-state index in [9.17, 15) is 9.59 Å². The lowest BCUT2D eigenvalue weighted by molar-refractivity contribution is -0.125. The molecule has 1 fully saturated rings. The summed E-state index contributed by atoms with van der Waals surface area (Å²) in [7, 11) is 0. The number of rotatable bonds is 7. The highest BCUT2D eigenvalue weighted by molar-refractivity contribution is 6.09. The molecule has 2 aliphatic rings. The van der Waals surface area contributed by atoms with E-state index >= 15 is 0 Å². The van der Waals surface area contributed by atoms with E-state index in [1.165, 1.54) is 0 Å². The van der Waals surface area contributed by atoms with E-state index < -0.39 is 5.41 Å². The Morgan fingerprint density at radius 3 is 2.55 bits per heavy atom. The van der Waals surface area contributed by atoms with Gasteiger partial charge in [-0.1, -0.05) is 74.4 Å². The van der Waals surface area contributed by atoms with Gasteiger partial charge >= 0.3 is 0 Å². The van der Waals surface area contributed by atoms with Crippen molar-refractivity contribution in [3.8, 4) is 0 Å². The van der Waals surface area contributed by atoms with Crippen molar-refractivity contribution in [1.82, 2.24) is 0 Å². The molecular formula is C26H29NO2. The van der Waals surface area contributed by atoms with Gasteiger partial charge in [-0.05, 0) is 41.9 Å². The average molecular weight is 388 g/mol. The summed E-state index contributed by atoms with van der Waals surface area (Å²) in [6.07, 6.45) is 6.62. The summed E-state index contributed by atoms with van der Waals surface area (Å²) < 4.78 is 0. The molecule has 0 aromatic heterocycles. The lowest BCUT2D eigenvalue weighted by Crippen LogP contribution is -2.44. The number of amides is 1. The molecule has 4 rings (SSSR count). The van der Waals surface area contributed by atoms with Crippen molar-refractivity contribution in [3.05, 3.63) is 78.4 Å². The lowest BCUT2D eigenvalue weighted by atomic mass is 9.69. The van der Waals surface area contributed by atoms with Crippen molar-refractivity contribution in [2.45, 2.75) is 44.6 Å². The Bertz CT molecular complexity index is 906. The van der Waals surface area contributed by atoms with Gasteiger partial charge in [-0.2, -0.15) is 0 Å². The number of aldehydes is 1. The molecule has 3 nitrogen and oxygen atoms in total. The topological polar surface area (TPSA) is 37.4 Å². The molecular weight excluding hydrogens is 358 g/mol. The maximum atomic E-state index is 14.1. The Morgan fingerprint density at radius 1 is 1.14 bits per heavy atom. The molecule has 0 unspecified atom stereocenters. The number of carbonyl (C=O) groups excluding carboxylic acids is 2. The van der Waals surface area contributed by atoms with Gasteiger partial charge in [0.15, 0.2) is 0 Å². The van der Waals surface area contributed by atoms with Crippen LogP contribution in [-0.2, 0) is 21.5 Å². The smallest absolute Gasteiger partial charge is 0.238 e. The summed E-state index contributed by atoms with van der Waals surface area (Å²) >= 11 is 0. The molecule has 1 spiro atoms. The number of anilines is 1. The van der Waals surface area contributed by atoms with Gasteiger partial charge in [-0.3, -0.25) is 4.79 Å². The molecule has 0 radical (unpaired) electrons. The molecule has 1 saturated carbocycles. The second-order valence-electron chi connectivity index (χ2n) is 8.43. The standard InChI is InChI=1S/C26H29NO2/c1-3-5-13-22-21(18-28)20(4-2)16-26(22)23-14-9-10-15-24(23)27(25(26)29)17-19-11-7-6-8-12-19/h4,6-12,14-15,18,20-22H,2-3,5,13,16-17H2,1H3/t20-,21-,22+,26+/m0/s1. The SMILES string of the molecule is C=C[C@H]1C[C@@]2(C(=O)N(Cc3ccccc3)c3ccccc32)[C@H](CCCC)[C@H]1C=O. The van der Waals surface area contributed by atoms with E-state index in [0.29, 0.717) is 13.0 Å². The van der Waals surface area contributed by atoms with Crippen molar-refractivity contribution in [3.63, 3.8) is 0 Å². The zero-order chi connectivity index (χ0) is 20.4. The Labute approximate surface area is 173 Å². The maximum absolute atomic E-state index is 14.1. The van der Waals surface area contributed by atoms with E-state index in [1.807, 2.05) is 41.3 Å². The van der Waals surface area contributed by atoms with Crippen LogP contribution >= 0.6 is 0 Å². The zero-order valence-electron chi connectivity index (χ0n) is 17.1. The fraction of sp³-hybridized carbons (Fsp3) is 0.385. The van der Waals surface area contributed by atoms with Crippen LogP contribution in [0.1, 0.15) is 43.7 Å². The van der Waals surface area contributed by atoms with Gasteiger partial charge in [0.05, 0.1) is 12.0 Å². The van der Waals surface area contributed by atoms with Crippen molar-refractivity contribution in [1.29, 1.82) is 0 Å². The number of allylic oxidation sites excluding steroid dienone is 1. The number of hydrogen-bond donors (Lipinski definition) is 0. The van der Waals surface area contributed by atoms with Gasteiger partial charge < -0.3 is 9.69 Å². The van der Waals surface area contributed by atoms with Crippen molar-refractivity contribution < 1.29 is 9.59 Å². The molecule has 150 valence electrons. The molecule has 0 saturated heterocycles. The average Bonchev–Trinajstić information content (AvgIpc) is 3.21. The van der Waals surface area contributed by atoms with Crippen LogP contribution in [0.25, 0.3) is 0 Å². The lowest BCUT2D eigenvalue weighted by Gasteiger charge is -2.32.